The Morgan fingerprint density at radius 1 is 1.21 bits per heavy atom. The van der Waals surface area contributed by atoms with Gasteiger partial charge >= 0.3 is 0 Å². The lowest BCUT2D eigenvalue weighted by Crippen LogP contribution is -1.95. The van der Waals surface area contributed by atoms with Gasteiger partial charge in [-0.2, -0.15) is 5.10 Å². The summed E-state index contributed by atoms with van der Waals surface area (Å²) in [5.74, 6) is 1.61. The van der Waals surface area contributed by atoms with Gasteiger partial charge in [-0.05, 0) is 24.3 Å². The lowest BCUT2D eigenvalue weighted by Gasteiger charge is -2.08. The quantitative estimate of drug-likeness (QED) is 0.717. The molecule has 0 aliphatic carbocycles. The van der Waals surface area contributed by atoms with E-state index in [1.807, 2.05) is 49.6 Å². The minimum Gasteiger partial charge on any atom is -0.488 e. The molecule has 2 aromatic heterocycles. The third-order valence-electron chi connectivity index (χ3n) is 2.83. The SMILES string of the molecule is Cn1cc(COc2ccccc2-c2ccco2)cn1. The molecule has 3 aromatic rings. The topological polar surface area (TPSA) is 40.2 Å². The molecule has 4 nitrogen and oxygen atoms in total. The van der Waals surface area contributed by atoms with Crippen molar-refractivity contribution in [3.05, 3.63) is 60.6 Å². The van der Waals surface area contributed by atoms with Crippen LogP contribution in [0.15, 0.2) is 59.5 Å². The summed E-state index contributed by atoms with van der Waals surface area (Å²) >= 11 is 0. The third-order valence-corrected chi connectivity index (χ3v) is 2.83. The minimum absolute atomic E-state index is 0.492. The van der Waals surface area contributed by atoms with Crippen LogP contribution in [0.3, 0.4) is 0 Å². The standard InChI is InChI=1S/C15H14N2O2/c1-17-10-12(9-16-17)11-19-15-6-3-2-5-13(15)14-7-4-8-18-14/h2-10H,11H2,1H3. The molecule has 0 saturated heterocycles. The lowest BCUT2D eigenvalue weighted by atomic mass is 10.1. The van der Waals surface area contributed by atoms with E-state index in [-0.39, 0.29) is 0 Å². The average molecular weight is 254 g/mol. The van der Waals surface area contributed by atoms with E-state index in [1.54, 1.807) is 17.1 Å². The van der Waals surface area contributed by atoms with E-state index < -0.39 is 0 Å². The molecule has 0 bridgehead atoms. The summed E-state index contributed by atoms with van der Waals surface area (Å²) in [5, 5.41) is 4.12. The first-order valence-corrected chi connectivity index (χ1v) is 6.06. The Morgan fingerprint density at radius 3 is 2.84 bits per heavy atom. The number of rotatable bonds is 4. The van der Waals surface area contributed by atoms with Gasteiger partial charge in [0.15, 0.2) is 0 Å². The number of hydrogen-bond donors (Lipinski definition) is 0. The summed E-state index contributed by atoms with van der Waals surface area (Å²) in [4.78, 5) is 0. The Bertz CT molecular complexity index is 656. The van der Waals surface area contributed by atoms with Crippen molar-refractivity contribution in [3.63, 3.8) is 0 Å². The maximum atomic E-state index is 5.85. The molecule has 0 fully saturated rings. The van der Waals surface area contributed by atoms with Crippen molar-refractivity contribution in [2.45, 2.75) is 6.61 Å². The maximum Gasteiger partial charge on any atom is 0.137 e. The second kappa shape index (κ2) is 5.02. The van der Waals surface area contributed by atoms with E-state index in [1.165, 1.54) is 0 Å². The fourth-order valence-corrected chi connectivity index (χ4v) is 1.94. The van der Waals surface area contributed by atoms with Gasteiger partial charge in [-0.3, -0.25) is 4.68 Å². The number of hydrogen-bond acceptors (Lipinski definition) is 3. The van der Waals surface area contributed by atoms with Crippen molar-refractivity contribution in [1.82, 2.24) is 9.78 Å². The van der Waals surface area contributed by atoms with Gasteiger partial charge in [0.25, 0.3) is 0 Å². The zero-order valence-electron chi connectivity index (χ0n) is 10.6. The van der Waals surface area contributed by atoms with Gasteiger partial charge in [0.05, 0.1) is 18.0 Å². The number of benzene rings is 1. The van der Waals surface area contributed by atoms with E-state index in [0.29, 0.717) is 6.61 Å². The van der Waals surface area contributed by atoms with Crippen molar-refractivity contribution in [2.75, 3.05) is 0 Å². The molecule has 3 rings (SSSR count). The molecule has 0 N–H and O–H groups in total. The zero-order valence-corrected chi connectivity index (χ0v) is 10.6. The second-order valence-electron chi connectivity index (χ2n) is 4.28. The first-order chi connectivity index (χ1) is 9.33. The van der Waals surface area contributed by atoms with E-state index in [4.69, 9.17) is 9.15 Å². The summed E-state index contributed by atoms with van der Waals surface area (Å²) in [6, 6.07) is 11.6. The molecule has 0 amide bonds. The van der Waals surface area contributed by atoms with Crippen LogP contribution in [-0.4, -0.2) is 9.78 Å². The molecular formula is C15H14N2O2. The lowest BCUT2D eigenvalue weighted by molar-refractivity contribution is 0.306. The Balaban J connectivity index is 1.81. The van der Waals surface area contributed by atoms with Crippen molar-refractivity contribution >= 4 is 0 Å². The highest BCUT2D eigenvalue weighted by Crippen LogP contribution is 2.30. The van der Waals surface area contributed by atoms with Crippen LogP contribution in [0.4, 0.5) is 0 Å². The highest BCUT2D eigenvalue weighted by atomic mass is 16.5. The zero-order chi connectivity index (χ0) is 13.1. The number of furan rings is 1. The molecule has 0 unspecified atom stereocenters. The van der Waals surface area contributed by atoms with Crippen LogP contribution >= 0.6 is 0 Å². The Kier molecular flexibility index (Phi) is 3.06. The van der Waals surface area contributed by atoms with Gasteiger partial charge in [0.2, 0.25) is 0 Å². The molecule has 0 spiro atoms. The predicted octanol–water partition coefficient (Wildman–Crippen LogP) is 3.26. The largest absolute Gasteiger partial charge is 0.488 e. The van der Waals surface area contributed by atoms with E-state index in [9.17, 15) is 0 Å². The number of nitrogens with zero attached hydrogens (tertiary/aromatic N) is 2. The highest BCUT2D eigenvalue weighted by molar-refractivity contribution is 5.65. The average Bonchev–Trinajstić information content (AvgIpc) is 3.08. The monoisotopic (exact) mass is 254 g/mol. The first kappa shape index (κ1) is 11.6. The third kappa shape index (κ3) is 2.52. The van der Waals surface area contributed by atoms with Crippen LogP contribution in [0.5, 0.6) is 5.75 Å². The van der Waals surface area contributed by atoms with Crippen LogP contribution in [0, 0.1) is 0 Å². The van der Waals surface area contributed by atoms with Crippen molar-refractivity contribution in [3.8, 4) is 17.1 Å². The molecule has 2 heterocycles. The summed E-state index contributed by atoms with van der Waals surface area (Å²) in [7, 11) is 1.89. The van der Waals surface area contributed by atoms with Gasteiger partial charge in [-0.1, -0.05) is 12.1 Å². The molecule has 1 aromatic carbocycles. The second-order valence-corrected chi connectivity index (χ2v) is 4.28. The number of para-hydroxylation sites is 1. The molecule has 0 aliphatic heterocycles. The summed E-state index contributed by atoms with van der Waals surface area (Å²) < 4.78 is 13.0. The Hall–Kier alpha value is -2.49. The molecule has 0 radical (unpaired) electrons. The van der Waals surface area contributed by atoms with E-state index >= 15 is 0 Å². The molecule has 0 atom stereocenters. The molecule has 0 saturated carbocycles. The molecule has 96 valence electrons. The van der Waals surface area contributed by atoms with Gasteiger partial charge in [-0.15, -0.1) is 0 Å². The minimum atomic E-state index is 0.492. The van der Waals surface area contributed by atoms with Crippen molar-refractivity contribution < 1.29 is 9.15 Å². The molecule has 0 aliphatic rings. The van der Waals surface area contributed by atoms with Crippen molar-refractivity contribution in [1.29, 1.82) is 0 Å². The number of aryl methyl sites for hydroxylation is 1. The highest BCUT2D eigenvalue weighted by Gasteiger charge is 2.08. The van der Waals surface area contributed by atoms with Crippen LogP contribution in [0.2, 0.25) is 0 Å². The summed E-state index contributed by atoms with van der Waals surface area (Å²) in [6.45, 7) is 0.492. The van der Waals surface area contributed by atoms with E-state index in [2.05, 4.69) is 5.10 Å². The molecule has 4 heteroatoms. The van der Waals surface area contributed by atoms with Crippen LogP contribution < -0.4 is 4.74 Å². The van der Waals surface area contributed by atoms with Gasteiger partial charge < -0.3 is 9.15 Å². The van der Waals surface area contributed by atoms with Gasteiger partial charge in [0, 0.05) is 18.8 Å². The maximum absolute atomic E-state index is 5.85. The van der Waals surface area contributed by atoms with Crippen LogP contribution in [-0.2, 0) is 13.7 Å². The van der Waals surface area contributed by atoms with Gasteiger partial charge in [-0.25, -0.2) is 0 Å². The van der Waals surface area contributed by atoms with Crippen LogP contribution in [0.25, 0.3) is 11.3 Å². The Morgan fingerprint density at radius 2 is 2.11 bits per heavy atom. The van der Waals surface area contributed by atoms with E-state index in [0.717, 1.165) is 22.6 Å². The smallest absolute Gasteiger partial charge is 0.137 e. The van der Waals surface area contributed by atoms with Crippen LogP contribution in [0.1, 0.15) is 5.56 Å². The van der Waals surface area contributed by atoms with Crippen molar-refractivity contribution in [2.24, 2.45) is 7.05 Å². The predicted molar refractivity (Wildman–Crippen MR) is 71.7 cm³/mol. The molecular weight excluding hydrogens is 240 g/mol. The molecule has 19 heavy (non-hydrogen) atoms. The number of aromatic nitrogens is 2. The van der Waals surface area contributed by atoms with Gasteiger partial charge in [0.1, 0.15) is 18.1 Å². The fourth-order valence-electron chi connectivity index (χ4n) is 1.94. The summed E-state index contributed by atoms with van der Waals surface area (Å²) in [6.07, 6.45) is 5.40. The Labute approximate surface area is 111 Å². The first-order valence-electron chi connectivity index (χ1n) is 6.06. The normalized spacial score (nSPS) is 10.6. The number of ether oxygens (including phenoxy) is 1. The fraction of sp³-hybridized carbons (Fsp3) is 0.133. The summed E-state index contributed by atoms with van der Waals surface area (Å²) in [5.41, 5.74) is 1.99.